The first kappa shape index (κ1) is 19.4. The lowest BCUT2D eigenvalue weighted by Crippen LogP contribution is -2.09. The summed E-state index contributed by atoms with van der Waals surface area (Å²) >= 11 is 0. The predicted molar refractivity (Wildman–Crippen MR) is 102 cm³/mol. The quantitative estimate of drug-likeness (QED) is 0.648. The first-order valence-electron chi connectivity index (χ1n) is 8.87. The predicted octanol–water partition coefficient (Wildman–Crippen LogP) is 3.68. The van der Waals surface area contributed by atoms with E-state index < -0.39 is 11.8 Å². The number of pyridine rings is 1. The van der Waals surface area contributed by atoms with Crippen molar-refractivity contribution in [2.24, 2.45) is 0 Å². The molecular weight excluding hydrogens is 363 g/mol. The van der Waals surface area contributed by atoms with Gasteiger partial charge in [0.25, 0.3) is 0 Å². The van der Waals surface area contributed by atoms with E-state index in [4.69, 9.17) is 4.74 Å². The molecule has 0 unspecified atom stereocenters. The van der Waals surface area contributed by atoms with Crippen LogP contribution < -0.4 is 5.32 Å². The molecule has 0 aliphatic rings. The van der Waals surface area contributed by atoms with Gasteiger partial charge in [-0.1, -0.05) is 0 Å². The fraction of sp³-hybridized carbons (Fsp3) is 0.316. The van der Waals surface area contributed by atoms with Crippen LogP contribution in [0.3, 0.4) is 0 Å². The first-order chi connectivity index (χ1) is 13.4. The Kier molecular flexibility index (Phi) is 5.62. The van der Waals surface area contributed by atoms with E-state index >= 15 is 0 Å². The zero-order valence-electron chi connectivity index (χ0n) is 16.1. The van der Waals surface area contributed by atoms with E-state index in [1.807, 2.05) is 25.3 Å². The molecule has 3 heterocycles. The van der Waals surface area contributed by atoms with Gasteiger partial charge in [-0.05, 0) is 39.8 Å². The standard InChI is InChI=1S/C19H21FN6O2/c1-5-28-18(27)15-7-6-13(8-22-15)24-19-23-9-14(20)17(25-19)16-10-21-12(4)26(16)11(2)3/h6-11H,5H2,1-4H3,(H,23,24,25). The molecule has 28 heavy (non-hydrogen) atoms. The summed E-state index contributed by atoms with van der Waals surface area (Å²) in [6.45, 7) is 7.85. The monoisotopic (exact) mass is 384 g/mol. The van der Waals surface area contributed by atoms with Gasteiger partial charge in [-0.15, -0.1) is 0 Å². The maximum absolute atomic E-state index is 14.4. The van der Waals surface area contributed by atoms with Crippen LogP contribution >= 0.6 is 0 Å². The minimum absolute atomic E-state index is 0.0999. The lowest BCUT2D eigenvalue weighted by Gasteiger charge is -2.14. The molecule has 9 heteroatoms. The number of carbonyl (C=O) groups excluding carboxylic acids is 1. The van der Waals surface area contributed by atoms with E-state index in [2.05, 4.69) is 25.3 Å². The zero-order chi connectivity index (χ0) is 20.3. The average molecular weight is 384 g/mol. The van der Waals surface area contributed by atoms with Crippen molar-refractivity contribution in [2.75, 3.05) is 11.9 Å². The molecule has 0 spiro atoms. The fourth-order valence-electron chi connectivity index (χ4n) is 2.81. The Morgan fingerprint density at radius 2 is 2.00 bits per heavy atom. The highest BCUT2D eigenvalue weighted by Crippen LogP contribution is 2.26. The summed E-state index contributed by atoms with van der Waals surface area (Å²) in [5, 5.41) is 2.96. The van der Waals surface area contributed by atoms with Crippen molar-refractivity contribution < 1.29 is 13.9 Å². The summed E-state index contributed by atoms with van der Waals surface area (Å²) in [6.07, 6.45) is 4.17. The maximum Gasteiger partial charge on any atom is 0.356 e. The molecule has 0 amide bonds. The number of halogens is 1. The van der Waals surface area contributed by atoms with Crippen molar-refractivity contribution in [3.63, 3.8) is 0 Å². The second-order valence-corrected chi connectivity index (χ2v) is 6.32. The Bertz CT molecular complexity index is 985. The highest BCUT2D eigenvalue weighted by molar-refractivity contribution is 5.87. The summed E-state index contributed by atoms with van der Waals surface area (Å²) in [4.78, 5) is 28.3. The summed E-state index contributed by atoms with van der Waals surface area (Å²) in [7, 11) is 0. The van der Waals surface area contributed by atoms with Gasteiger partial charge in [-0.3, -0.25) is 0 Å². The van der Waals surface area contributed by atoms with E-state index in [0.717, 1.165) is 12.0 Å². The topological polar surface area (TPSA) is 94.8 Å². The van der Waals surface area contributed by atoms with Crippen molar-refractivity contribution >= 4 is 17.6 Å². The molecule has 0 saturated carbocycles. The second-order valence-electron chi connectivity index (χ2n) is 6.32. The molecule has 0 fully saturated rings. The van der Waals surface area contributed by atoms with Crippen molar-refractivity contribution in [3.05, 3.63) is 48.1 Å². The van der Waals surface area contributed by atoms with Crippen LogP contribution in [0.2, 0.25) is 0 Å². The highest BCUT2D eigenvalue weighted by atomic mass is 19.1. The number of imidazole rings is 1. The largest absolute Gasteiger partial charge is 0.461 e. The molecule has 8 nitrogen and oxygen atoms in total. The van der Waals surface area contributed by atoms with Gasteiger partial charge in [0.05, 0.1) is 36.6 Å². The van der Waals surface area contributed by atoms with Gasteiger partial charge in [0, 0.05) is 6.04 Å². The number of aromatic nitrogens is 5. The molecule has 3 rings (SSSR count). The van der Waals surface area contributed by atoms with Gasteiger partial charge in [0.15, 0.2) is 5.82 Å². The molecule has 0 radical (unpaired) electrons. The number of esters is 1. The van der Waals surface area contributed by atoms with E-state index in [1.165, 1.54) is 12.3 Å². The molecule has 0 bridgehead atoms. The van der Waals surface area contributed by atoms with Gasteiger partial charge >= 0.3 is 5.97 Å². The lowest BCUT2D eigenvalue weighted by molar-refractivity contribution is 0.0519. The molecule has 0 aromatic carbocycles. The van der Waals surface area contributed by atoms with E-state index in [0.29, 0.717) is 11.4 Å². The summed E-state index contributed by atoms with van der Waals surface area (Å²) < 4.78 is 21.2. The smallest absolute Gasteiger partial charge is 0.356 e. The Morgan fingerprint density at radius 1 is 1.21 bits per heavy atom. The van der Waals surface area contributed by atoms with Crippen LogP contribution in [0.4, 0.5) is 16.0 Å². The summed E-state index contributed by atoms with van der Waals surface area (Å²) in [6, 6.07) is 3.28. The highest BCUT2D eigenvalue weighted by Gasteiger charge is 2.18. The number of nitrogens with one attached hydrogen (secondary N) is 1. The molecule has 0 aliphatic heterocycles. The van der Waals surface area contributed by atoms with Gasteiger partial charge in [-0.25, -0.2) is 29.1 Å². The van der Waals surface area contributed by atoms with Crippen molar-refractivity contribution in [2.45, 2.75) is 33.7 Å². The maximum atomic E-state index is 14.4. The first-order valence-corrected chi connectivity index (χ1v) is 8.87. The fourth-order valence-corrected chi connectivity index (χ4v) is 2.81. The van der Waals surface area contributed by atoms with Gasteiger partial charge < -0.3 is 14.6 Å². The SMILES string of the molecule is CCOC(=O)c1ccc(Nc2ncc(F)c(-c3cnc(C)n3C(C)C)n2)cn1. The number of hydrogen-bond donors (Lipinski definition) is 1. The van der Waals surface area contributed by atoms with E-state index in [1.54, 1.807) is 19.2 Å². The zero-order valence-corrected chi connectivity index (χ0v) is 16.1. The average Bonchev–Trinajstić information content (AvgIpc) is 3.05. The molecular formula is C19H21FN6O2. The van der Waals surface area contributed by atoms with Crippen molar-refractivity contribution in [3.8, 4) is 11.4 Å². The third-order valence-electron chi connectivity index (χ3n) is 3.99. The summed E-state index contributed by atoms with van der Waals surface area (Å²) in [5.41, 5.74) is 1.48. The number of rotatable bonds is 6. The van der Waals surface area contributed by atoms with Gasteiger partial charge in [0.1, 0.15) is 17.2 Å². The number of nitrogens with zero attached hydrogens (tertiary/aromatic N) is 5. The number of carbonyl (C=O) groups is 1. The van der Waals surface area contributed by atoms with Crippen LogP contribution in [0.1, 0.15) is 43.1 Å². The molecule has 0 atom stereocenters. The Balaban J connectivity index is 1.87. The minimum Gasteiger partial charge on any atom is -0.461 e. The van der Waals surface area contributed by atoms with Gasteiger partial charge in [-0.2, -0.15) is 0 Å². The Hall–Kier alpha value is -3.36. The lowest BCUT2D eigenvalue weighted by atomic mass is 10.2. The normalized spacial score (nSPS) is 10.9. The third-order valence-corrected chi connectivity index (χ3v) is 3.99. The molecule has 1 N–H and O–H groups in total. The van der Waals surface area contributed by atoms with Crippen LogP contribution in [-0.4, -0.2) is 37.1 Å². The van der Waals surface area contributed by atoms with E-state index in [-0.39, 0.29) is 30.0 Å². The Labute approximate surface area is 161 Å². The number of ether oxygens (including phenoxy) is 1. The number of aryl methyl sites for hydroxylation is 1. The van der Waals surface area contributed by atoms with Crippen molar-refractivity contribution in [1.29, 1.82) is 0 Å². The minimum atomic E-state index is -0.539. The molecule has 0 aliphatic carbocycles. The van der Waals surface area contributed by atoms with Crippen LogP contribution in [-0.2, 0) is 4.74 Å². The number of hydrogen-bond acceptors (Lipinski definition) is 7. The molecule has 146 valence electrons. The molecule has 3 aromatic heterocycles. The number of anilines is 2. The third kappa shape index (κ3) is 3.98. The van der Waals surface area contributed by atoms with Crippen LogP contribution in [0, 0.1) is 12.7 Å². The van der Waals surface area contributed by atoms with Crippen LogP contribution in [0.5, 0.6) is 0 Å². The summed E-state index contributed by atoms with van der Waals surface area (Å²) in [5.74, 6) is -0.0534. The van der Waals surface area contributed by atoms with Crippen LogP contribution in [0.15, 0.2) is 30.7 Å². The van der Waals surface area contributed by atoms with Gasteiger partial charge in [0.2, 0.25) is 5.95 Å². The second kappa shape index (κ2) is 8.12. The van der Waals surface area contributed by atoms with Crippen LogP contribution in [0.25, 0.3) is 11.4 Å². The van der Waals surface area contributed by atoms with E-state index in [9.17, 15) is 9.18 Å². The Morgan fingerprint density at radius 3 is 2.64 bits per heavy atom. The van der Waals surface area contributed by atoms with Crippen molar-refractivity contribution in [1.82, 2.24) is 24.5 Å². The molecule has 3 aromatic rings. The molecule has 0 saturated heterocycles.